The molecule has 3 heteroatoms. The summed E-state index contributed by atoms with van der Waals surface area (Å²) in [5, 5.41) is 3.38. The Morgan fingerprint density at radius 1 is 1.46 bits per heavy atom. The van der Waals surface area contributed by atoms with E-state index in [1.54, 1.807) is 0 Å². The van der Waals surface area contributed by atoms with Gasteiger partial charge in [-0.15, -0.1) is 0 Å². The molecule has 0 radical (unpaired) electrons. The molecule has 1 N–H and O–H groups in total. The van der Waals surface area contributed by atoms with Gasteiger partial charge in [-0.1, -0.05) is 13.8 Å². The summed E-state index contributed by atoms with van der Waals surface area (Å²) in [6, 6.07) is 0.591. The number of nitrogens with zero attached hydrogens (tertiary/aromatic N) is 1. The van der Waals surface area contributed by atoms with Crippen molar-refractivity contribution >= 4 is 0 Å². The lowest BCUT2D eigenvalue weighted by Crippen LogP contribution is -2.50. The highest BCUT2D eigenvalue weighted by Crippen LogP contribution is 2.06. The Labute approximate surface area is 81.4 Å². The minimum atomic E-state index is 0.591. The SMILES string of the molecule is CCCN1CCOCC1CNCC. The maximum absolute atomic E-state index is 5.47. The van der Waals surface area contributed by atoms with E-state index in [2.05, 4.69) is 24.1 Å². The maximum atomic E-state index is 5.47. The van der Waals surface area contributed by atoms with E-state index in [0.717, 1.165) is 32.8 Å². The van der Waals surface area contributed by atoms with E-state index < -0.39 is 0 Å². The van der Waals surface area contributed by atoms with Crippen LogP contribution in [-0.4, -0.2) is 50.3 Å². The average molecular weight is 186 g/mol. The second kappa shape index (κ2) is 6.35. The number of morpholine rings is 1. The van der Waals surface area contributed by atoms with E-state index in [1.807, 2.05) is 0 Å². The lowest BCUT2D eigenvalue weighted by atomic mass is 10.2. The van der Waals surface area contributed by atoms with Crippen LogP contribution < -0.4 is 5.32 Å². The molecule has 1 unspecified atom stereocenters. The zero-order valence-corrected chi connectivity index (χ0v) is 8.88. The Kier molecular flexibility index (Phi) is 5.35. The highest BCUT2D eigenvalue weighted by Gasteiger charge is 2.21. The molecule has 0 spiro atoms. The molecule has 3 nitrogen and oxygen atoms in total. The molecule has 0 aromatic heterocycles. The third-order valence-electron chi connectivity index (χ3n) is 2.49. The van der Waals surface area contributed by atoms with Gasteiger partial charge in [-0.05, 0) is 19.5 Å². The monoisotopic (exact) mass is 186 g/mol. The van der Waals surface area contributed by atoms with Gasteiger partial charge in [0.2, 0.25) is 0 Å². The summed E-state index contributed by atoms with van der Waals surface area (Å²) in [6.45, 7) is 10.6. The van der Waals surface area contributed by atoms with Crippen LogP contribution in [0.1, 0.15) is 20.3 Å². The largest absolute Gasteiger partial charge is 0.378 e. The van der Waals surface area contributed by atoms with Crippen LogP contribution in [0, 0.1) is 0 Å². The van der Waals surface area contributed by atoms with Crippen LogP contribution in [0.4, 0.5) is 0 Å². The summed E-state index contributed by atoms with van der Waals surface area (Å²) in [4.78, 5) is 2.53. The van der Waals surface area contributed by atoms with Crippen LogP contribution in [0.15, 0.2) is 0 Å². The fourth-order valence-corrected chi connectivity index (χ4v) is 1.77. The van der Waals surface area contributed by atoms with E-state index in [4.69, 9.17) is 4.74 Å². The molecule has 1 saturated heterocycles. The van der Waals surface area contributed by atoms with Crippen molar-refractivity contribution in [2.75, 3.05) is 39.4 Å². The summed E-state index contributed by atoms with van der Waals surface area (Å²) in [5.74, 6) is 0. The lowest BCUT2D eigenvalue weighted by molar-refractivity contribution is -0.00644. The predicted molar refractivity (Wildman–Crippen MR) is 55.0 cm³/mol. The molecule has 1 aliphatic heterocycles. The molecule has 0 amide bonds. The van der Waals surface area contributed by atoms with Crippen molar-refractivity contribution in [2.24, 2.45) is 0 Å². The highest BCUT2D eigenvalue weighted by atomic mass is 16.5. The van der Waals surface area contributed by atoms with E-state index in [-0.39, 0.29) is 0 Å². The molecular formula is C10H22N2O. The topological polar surface area (TPSA) is 24.5 Å². The van der Waals surface area contributed by atoms with Gasteiger partial charge in [-0.2, -0.15) is 0 Å². The van der Waals surface area contributed by atoms with Gasteiger partial charge >= 0.3 is 0 Å². The molecule has 0 aromatic rings. The number of hydrogen-bond acceptors (Lipinski definition) is 3. The smallest absolute Gasteiger partial charge is 0.0634 e. The van der Waals surface area contributed by atoms with E-state index in [9.17, 15) is 0 Å². The third-order valence-corrected chi connectivity index (χ3v) is 2.49. The van der Waals surface area contributed by atoms with E-state index >= 15 is 0 Å². The Hall–Kier alpha value is -0.120. The zero-order chi connectivity index (χ0) is 9.52. The second-order valence-corrected chi connectivity index (χ2v) is 3.57. The minimum absolute atomic E-state index is 0.591. The molecule has 1 rings (SSSR count). The van der Waals surface area contributed by atoms with E-state index in [1.165, 1.54) is 13.0 Å². The van der Waals surface area contributed by atoms with Gasteiger partial charge in [-0.3, -0.25) is 4.90 Å². The number of hydrogen-bond donors (Lipinski definition) is 1. The number of ether oxygens (including phenoxy) is 1. The molecule has 1 atom stereocenters. The molecule has 0 bridgehead atoms. The first-order chi connectivity index (χ1) is 6.38. The van der Waals surface area contributed by atoms with Crippen molar-refractivity contribution in [3.05, 3.63) is 0 Å². The molecule has 13 heavy (non-hydrogen) atoms. The molecule has 0 aromatic carbocycles. The summed E-state index contributed by atoms with van der Waals surface area (Å²) in [7, 11) is 0. The van der Waals surface area contributed by atoms with Gasteiger partial charge in [0.25, 0.3) is 0 Å². The van der Waals surface area contributed by atoms with Crippen molar-refractivity contribution in [3.8, 4) is 0 Å². The Morgan fingerprint density at radius 3 is 3.00 bits per heavy atom. The van der Waals surface area contributed by atoms with Crippen LogP contribution in [0.5, 0.6) is 0 Å². The van der Waals surface area contributed by atoms with Crippen LogP contribution in [0.3, 0.4) is 0 Å². The Morgan fingerprint density at radius 2 is 2.31 bits per heavy atom. The van der Waals surface area contributed by atoms with Gasteiger partial charge < -0.3 is 10.1 Å². The van der Waals surface area contributed by atoms with Crippen LogP contribution in [-0.2, 0) is 4.74 Å². The molecule has 1 fully saturated rings. The van der Waals surface area contributed by atoms with Crippen LogP contribution in [0.25, 0.3) is 0 Å². The van der Waals surface area contributed by atoms with Crippen LogP contribution in [0.2, 0.25) is 0 Å². The van der Waals surface area contributed by atoms with Crippen molar-refractivity contribution in [1.82, 2.24) is 10.2 Å². The molecule has 0 aliphatic carbocycles. The van der Waals surface area contributed by atoms with Gasteiger partial charge in [0.15, 0.2) is 0 Å². The van der Waals surface area contributed by atoms with Crippen molar-refractivity contribution in [2.45, 2.75) is 26.3 Å². The fraction of sp³-hybridized carbons (Fsp3) is 1.00. The molecule has 78 valence electrons. The van der Waals surface area contributed by atoms with Gasteiger partial charge in [0.1, 0.15) is 0 Å². The third kappa shape index (κ3) is 3.63. The maximum Gasteiger partial charge on any atom is 0.0634 e. The average Bonchev–Trinajstić information content (AvgIpc) is 2.17. The summed E-state index contributed by atoms with van der Waals surface area (Å²) < 4.78 is 5.47. The second-order valence-electron chi connectivity index (χ2n) is 3.57. The van der Waals surface area contributed by atoms with Gasteiger partial charge in [-0.25, -0.2) is 0 Å². The normalized spacial score (nSPS) is 24.9. The first kappa shape index (κ1) is 11.0. The lowest BCUT2D eigenvalue weighted by Gasteiger charge is -2.35. The quantitative estimate of drug-likeness (QED) is 0.684. The zero-order valence-electron chi connectivity index (χ0n) is 8.88. The predicted octanol–water partition coefficient (Wildman–Crippen LogP) is 0.707. The van der Waals surface area contributed by atoms with Crippen molar-refractivity contribution < 1.29 is 4.74 Å². The molecular weight excluding hydrogens is 164 g/mol. The fourth-order valence-electron chi connectivity index (χ4n) is 1.77. The first-order valence-corrected chi connectivity index (χ1v) is 5.41. The number of nitrogens with one attached hydrogen (secondary N) is 1. The Bertz CT molecular complexity index is 128. The summed E-state index contributed by atoms with van der Waals surface area (Å²) in [5.41, 5.74) is 0. The van der Waals surface area contributed by atoms with Crippen LogP contribution >= 0.6 is 0 Å². The minimum Gasteiger partial charge on any atom is -0.378 e. The van der Waals surface area contributed by atoms with E-state index in [0.29, 0.717) is 6.04 Å². The summed E-state index contributed by atoms with van der Waals surface area (Å²) in [6.07, 6.45) is 1.24. The molecule has 1 heterocycles. The van der Waals surface area contributed by atoms with Gasteiger partial charge in [0.05, 0.1) is 13.2 Å². The van der Waals surface area contributed by atoms with Gasteiger partial charge in [0, 0.05) is 19.1 Å². The van der Waals surface area contributed by atoms with Crippen molar-refractivity contribution in [3.63, 3.8) is 0 Å². The first-order valence-electron chi connectivity index (χ1n) is 5.41. The number of rotatable bonds is 5. The van der Waals surface area contributed by atoms with Crippen molar-refractivity contribution in [1.29, 1.82) is 0 Å². The molecule has 0 saturated carbocycles. The standard InChI is InChI=1S/C10H22N2O/c1-3-5-12-6-7-13-9-10(12)8-11-4-2/h10-11H,3-9H2,1-2H3. The number of likely N-dealkylation sites (N-methyl/N-ethyl adjacent to an activating group) is 1. The highest BCUT2D eigenvalue weighted by molar-refractivity contribution is 4.76. The summed E-state index contributed by atoms with van der Waals surface area (Å²) >= 11 is 0. The Balaban J connectivity index is 2.28. The molecule has 1 aliphatic rings.